The molecule has 2 saturated heterocycles. The van der Waals surface area contributed by atoms with Gasteiger partial charge in [0.15, 0.2) is 0 Å². The normalized spacial score (nSPS) is 20.3. The molecule has 2 aliphatic heterocycles. The molecule has 0 aromatic heterocycles. The highest BCUT2D eigenvalue weighted by Gasteiger charge is 2.44. The van der Waals surface area contributed by atoms with E-state index in [4.69, 9.17) is 0 Å². The molecule has 2 heterocycles. The number of carbonyl (C=O) groups excluding carboxylic acids is 1. The number of hydrogen-bond donors (Lipinski definition) is 1. The second kappa shape index (κ2) is 5.68. The number of nitrogens with zero attached hydrogens (tertiary/aromatic N) is 2. The maximum Gasteiger partial charge on any atom is 0.251 e. The van der Waals surface area contributed by atoms with E-state index in [1.807, 2.05) is 43.3 Å². The van der Waals surface area contributed by atoms with Crippen molar-refractivity contribution in [2.24, 2.45) is 0 Å². The first-order valence-electron chi connectivity index (χ1n) is 7.91. The Labute approximate surface area is 127 Å². The Bertz CT molecular complexity index is 517. The number of hydrogen-bond acceptors (Lipinski definition) is 3. The highest BCUT2D eigenvalue weighted by atomic mass is 16.1. The molecule has 114 valence electrons. The van der Waals surface area contributed by atoms with E-state index in [9.17, 15) is 4.79 Å². The molecule has 0 bridgehead atoms. The summed E-state index contributed by atoms with van der Waals surface area (Å²) in [6, 6.07) is 7.81. The summed E-state index contributed by atoms with van der Waals surface area (Å²) in [5.74, 6) is 0.0480. The minimum Gasteiger partial charge on any atom is -0.378 e. The van der Waals surface area contributed by atoms with Crippen molar-refractivity contribution in [1.29, 1.82) is 0 Å². The Balaban J connectivity index is 1.65. The van der Waals surface area contributed by atoms with E-state index in [0.717, 1.165) is 17.8 Å². The highest BCUT2D eigenvalue weighted by Crippen LogP contribution is 2.38. The topological polar surface area (TPSA) is 35.6 Å². The largest absolute Gasteiger partial charge is 0.378 e. The van der Waals surface area contributed by atoms with Crippen molar-refractivity contribution in [3.8, 4) is 0 Å². The van der Waals surface area contributed by atoms with Gasteiger partial charge in [-0.05, 0) is 57.0 Å². The molecule has 0 radical (unpaired) electrons. The summed E-state index contributed by atoms with van der Waals surface area (Å²) in [5.41, 5.74) is 2.05. The van der Waals surface area contributed by atoms with Crippen molar-refractivity contribution < 1.29 is 4.79 Å². The van der Waals surface area contributed by atoms with Gasteiger partial charge in [0, 0.05) is 37.4 Å². The van der Waals surface area contributed by atoms with Gasteiger partial charge >= 0.3 is 0 Å². The van der Waals surface area contributed by atoms with Crippen LogP contribution in [0.1, 0.15) is 36.0 Å². The number of fused-ring (bicyclic) bond motifs is 1. The first kappa shape index (κ1) is 14.4. The average Bonchev–Trinajstić information content (AvgIpc) is 3.04. The molecule has 1 N–H and O–H groups in total. The van der Waals surface area contributed by atoms with Crippen LogP contribution in [0, 0.1) is 0 Å². The van der Waals surface area contributed by atoms with Gasteiger partial charge in [-0.2, -0.15) is 0 Å². The predicted molar refractivity (Wildman–Crippen MR) is 85.9 cm³/mol. The van der Waals surface area contributed by atoms with Crippen molar-refractivity contribution in [3.63, 3.8) is 0 Å². The monoisotopic (exact) mass is 287 g/mol. The summed E-state index contributed by atoms with van der Waals surface area (Å²) in [6.07, 6.45) is 4.99. The fourth-order valence-corrected chi connectivity index (χ4v) is 3.79. The van der Waals surface area contributed by atoms with Crippen molar-refractivity contribution in [3.05, 3.63) is 29.8 Å². The summed E-state index contributed by atoms with van der Waals surface area (Å²) in [6.45, 7) is 3.19. The fourth-order valence-electron chi connectivity index (χ4n) is 3.79. The molecule has 0 atom stereocenters. The Kier molecular flexibility index (Phi) is 3.89. The van der Waals surface area contributed by atoms with Crippen LogP contribution in [0.5, 0.6) is 0 Å². The molecule has 1 aromatic rings. The standard InChI is InChI=1S/C17H25N3O/c1-19(2)15-7-3-6-14(12-15)16(21)18-13-17-8-4-10-20(17)11-5-9-17/h3,6-7,12H,4-5,8-11,13H2,1-2H3,(H,18,21). The SMILES string of the molecule is CN(C)c1cccc(C(=O)NCC23CCCN2CCC3)c1. The third kappa shape index (κ3) is 2.77. The predicted octanol–water partition coefficient (Wildman–Crippen LogP) is 2.11. The van der Waals surface area contributed by atoms with Gasteiger partial charge in [0.1, 0.15) is 0 Å². The van der Waals surface area contributed by atoms with Gasteiger partial charge in [-0.15, -0.1) is 0 Å². The lowest BCUT2D eigenvalue weighted by atomic mass is 9.94. The lowest BCUT2D eigenvalue weighted by Crippen LogP contribution is -2.48. The van der Waals surface area contributed by atoms with Crippen molar-refractivity contribution in [2.75, 3.05) is 38.6 Å². The van der Waals surface area contributed by atoms with Crippen LogP contribution in [0.3, 0.4) is 0 Å². The molecule has 0 aliphatic carbocycles. The summed E-state index contributed by atoms with van der Waals surface area (Å²) in [5, 5.41) is 3.17. The van der Waals surface area contributed by atoms with Gasteiger partial charge in [-0.25, -0.2) is 0 Å². The van der Waals surface area contributed by atoms with E-state index in [-0.39, 0.29) is 11.4 Å². The molecular weight excluding hydrogens is 262 g/mol. The lowest BCUT2D eigenvalue weighted by molar-refractivity contribution is 0.0919. The van der Waals surface area contributed by atoms with Crippen LogP contribution in [0.4, 0.5) is 5.69 Å². The van der Waals surface area contributed by atoms with Crippen LogP contribution in [0.2, 0.25) is 0 Å². The molecule has 0 spiro atoms. The number of amides is 1. The summed E-state index contributed by atoms with van der Waals surface area (Å²) in [4.78, 5) is 17.0. The maximum atomic E-state index is 12.4. The highest BCUT2D eigenvalue weighted by molar-refractivity contribution is 5.95. The molecule has 21 heavy (non-hydrogen) atoms. The van der Waals surface area contributed by atoms with E-state index < -0.39 is 0 Å². The van der Waals surface area contributed by atoms with Crippen LogP contribution in [-0.4, -0.2) is 50.1 Å². The average molecular weight is 287 g/mol. The molecule has 3 rings (SSSR count). The zero-order valence-corrected chi connectivity index (χ0v) is 13.1. The minimum atomic E-state index is 0.0480. The van der Waals surface area contributed by atoms with Crippen molar-refractivity contribution >= 4 is 11.6 Å². The van der Waals surface area contributed by atoms with Crippen LogP contribution in [0.25, 0.3) is 0 Å². The Morgan fingerprint density at radius 3 is 2.67 bits per heavy atom. The summed E-state index contributed by atoms with van der Waals surface area (Å²) >= 11 is 0. The van der Waals surface area contributed by atoms with Crippen LogP contribution in [-0.2, 0) is 0 Å². The fraction of sp³-hybridized carbons (Fsp3) is 0.588. The van der Waals surface area contributed by atoms with Gasteiger partial charge in [0.25, 0.3) is 5.91 Å². The Morgan fingerprint density at radius 2 is 2.00 bits per heavy atom. The molecule has 0 unspecified atom stereocenters. The number of anilines is 1. The molecule has 1 amide bonds. The molecule has 4 heteroatoms. The smallest absolute Gasteiger partial charge is 0.251 e. The van der Waals surface area contributed by atoms with Gasteiger partial charge in [0.05, 0.1) is 0 Å². The first-order valence-corrected chi connectivity index (χ1v) is 7.91. The maximum absolute atomic E-state index is 12.4. The van der Waals surface area contributed by atoms with Gasteiger partial charge in [-0.3, -0.25) is 9.69 Å². The quantitative estimate of drug-likeness (QED) is 0.921. The van der Waals surface area contributed by atoms with Crippen molar-refractivity contribution in [2.45, 2.75) is 31.2 Å². The molecule has 2 aliphatic rings. The van der Waals surface area contributed by atoms with Crippen molar-refractivity contribution in [1.82, 2.24) is 10.2 Å². The second-order valence-corrected chi connectivity index (χ2v) is 6.55. The van der Waals surface area contributed by atoms with Crippen LogP contribution in [0.15, 0.2) is 24.3 Å². The van der Waals surface area contributed by atoms with E-state index in [1.165, 1.54) is 38.8 Å². The molecule has 0 saturated carbocycles. The van der Waals surface area contributed by atoms with Crippen LogP contribution < -0.4 is 10.2 Å². The zero-order valence-electron chi connectivity index (χ0n) is 13.1. The number of rotatable bonds is 4. The van der Waals surface area contributed by atoms with E-state index in [2.05, 4.69) is 10.2 Å². The molecule has 4 nitrogen and oxygen atoms in total. The van der Waals surface area contributed by atoms with Gasteiger partial charge in [-0.1, -0.05) is 6.07 Å². The van der Waals surface area contributed by atoms with Gasteiger partial charge < -0.3 is 10.2 Å². The molecular formula is C17H25N3O. The third-order valence-electron chi connectivity index (χ3n) is 5.01. The molecule has 2 fully saturated rings. The van der Waals surface area contributed by atoms with E-state index in [1.54, 1.807) is 0 Å². The number of benzene rings is 1. The Hall–Kier alpha value is -1.55. The van der Waals surface area contributed by atoms with Crippen LogP contribution >= 0.6 is 0 Å². The number of carbonyl (C=O) groups is 1. The minimum absolute atomic E-state index is 0.0480. The molecule has 1 aromatic carbocycles. The van der Waals surface area contributed by atoms with E-state index >= 15 is 0 Å². The first-order chi connectivity index (χ1) is 10.1. The Morgan fingerprint density at radius 1 is 1.29 bits per heavy atom. The number of nitrogens with one attached hydrogen (secondary N) is 1. The zero-order chi connectivity index (χ0) is 14.9. The third-order valence-corrected chi connectivity index (χ3v) is 5.01. The van der Waals surface area contributed by atoms with Gasteiger partial charge in [0.2, 0.25) is 0 Å². The lowest BCUT2D eigenvalue weighted by Gasteiger charge is -2.32. The summed E-state index contributed by atoms with van der Waals surface area (Å²) in [7, 11) is 3.98. The van der Waals surface area contributed by atoms with E-state index in [0.29, 0.717) is 0 Å². The summed E-state index contributed by atoms with van der Waals surface area (Å²) < 4.78 is 0. The second-order valence-electron chi connectivity index (χ2n) is 6.55.